The number of halogens is 1. The number of aromatic amines is 1. The maximum Gasteiger partial charge on any atom is 0.350 e. The molecule has 2 aromatic rings. The molecule has 4 N–H and O–H groups in total. The third kappa shape index (κ3) is 6.73. The summed E-state index contributed by atoms with van der Waals surface area (Å²) >= 11 is 1.85. The lowest BCUT2D eigenvalue weighted by Gasteiger charge is -2.05. The van der Waals surface area contributed by atoms with Crippen LogP contribution in [0.15, 0.2) is 9.95 Å². The summed E-state index contributed by atoms with van der Waals surface area (Å²) in [6.45, 7) is 4.72. The topological polar surface area (TPSA) is 163 Å². The molecule has 0 saturated carbocycles. The van der Waals surface area contributed by atoms with Crippen molar-refractivity contribution in [2.75, 3.05) is 23.0 Å². The number of esters is 1. The molecular weight excluding hydrogens is 446 g/mol. The highest BCUT2D eigenvalue weighted by Crippen LogP contribution is 2.24. The average molecular weight is 464 g/mol. The number of aryl methyl sites for hydroxylation is 1. The summed E-state index contributed by atoms with van der Waals surface area (Å²) in [5.41, 5.74) is -0.679. The van der Waals surface area contributed by atoms with Crippen LogP contribution in [0.5, 0.6) is 5.88 Å². The number of aromatic hydroxyl groups is 1. The molecule has 0 atom stereocenters. The SMILES string of the molecule is CCOC(=O)c1sc(NC(=O)CSc2nc(O)c(NC(C)=O)c(=O)[nH]2)nc1C.Cl. The first kappa shape index (κ1) is 24.4. The lowest BCUT2D eigenvalue weighted by atomic mass is 10.4. The fraction of sp³-hybridized carbons (Fsp3) is 0.333. The van der Waals surface area contributed by atoms with Gasteiger partial charge in [-0.15, -0.1) is 12.4 Å². The Labute approximate surface area is 179 Å². The summed E-state index contributed by atoms with van der Waals surface area (Å²) < 4.78 is 4.91. The van der Waals surface area contributed by atoms with E-state index in [0.717, 1.165) is 23.1 Å². The zero-order valence-corrected chi connectivity index (χ0v) is 18.0. The van der Waals surface area contributed by atoms with E-state index >= 15 is 0 Å². The minimum absolute atomic E-state index is 0. The largest absolute Gasteiger partial charge is 0.492 e. The third-order valence-corrected chi connectivity index (χ3v) is 4.95. The molecule has 0 aliphatic carbocycles. The van der Waals surface area contributed by atoms with Crippen molar-refractivity contribution in [2.45, 2.75) is 25.9 Å². The van der Waals surface area contributed by atoms with E-state index < -0.39 is 29.2 Å². The van der Waals surface area contributed by atoms with Crippen molar-refractivity contribution in [1.82, 2.24) is 15.0 Å². The number of thiazole rings is 1. The van der Waals surface area contributed by atoms with E-state index in [9.17, 15) is 24.3 Å². The van der Waals surface area contributed by atoms with Crippen molar-refractivity contribution in [3.05, 3.63) is 20.9 Å². The van der Waals surface area contributed by atoms with Crippen LogP contribution in [0.25, 0.3) is 0 Å². The number of nitrogens with zero attached hydrogens (tertiary/aromatic N) is 2. The molecule has 2 heterocycles. The number of carbonyl (C=O) groups excluding carboxylic acids is 3. The van der Waals surface area contributed by atoms with Gasteiger partial charge < -0.3 is 20.5 Å². The molecule has 0 spiro atoms. The molecule has 0 aliphatic rings. The van der Waals surface area contributed by atoms with Crippen LogP contribution >= 0.6 is 35.5 Å². The Hall–Kier alpha value is -2.64. The van der Waals surface area contributed by atoms with Crippen LogP contribution in [0.2, 0.25) is 0 Å². The average Bonchev–Trinajstić information content (AvgIpc) is 2.96. The van der Waals surface area contributed by atoms with E-state index in [1.165, 1.54) is 6.92 Å². The van der Waals surface area contributed by atoms with Gasteiger partial charge >= 0.3 is 5.97 Å². The standard InChI is InChI=1S/C15H17N5O6S2.ClH/c1-4-26-13(25)10-6(2)16-15(28-10)18-8(22)5-27-14-19-11(23)9(12(24)20-14)17-7(3)21;/h4-5H2,1-3H3,(H,17,21)(H,16,18,22)(H2,19,20,23,24);1H. The molecule has 0 radical (unpaired) electrons. The zero-order chi connectivity index (χ0) is 20.8. The van der Waals surface area contributed by atoms with Crippen molar-refractivity contribution in [3.63, 3.8) is 0 Å². The Morgan fingerprint density at radius 1 is 1.28 bits per heavy atom. The fourth-order valence-electron chi connectivity index (χ4n) is 1.92. The lowest BCUT2D eigenvalue weighted by molar-refractivity contribution is -0.114. The van der Waals surface area contributed by atoms with Gasteiger partial charge in [-0.25, -0.2) is 9.78 Å². The van der Waals surface area contributed by atoms with E-state index in [0.29, 0.717) is 10.6 Å². The normalized spacial score (nSPS) is 10.0. The van der Waals surface area contributed by atoms with E-state index in [1.807, 2.05) is 0 Å². The van der Waals surface area contributed by atoms with Crippen LogP contribution in [-0.4, -0.2) is 50.2 Å². The van der Waals surface area contributed by atoms with Gasteiger partial charge in [-0.2, -0.15) is 4.98 Å². The number of ether oxygens (including phenoxy) is 1. The predicted octanol–water partition coefficient (Wildman–Crippen LogP) is 1.53. The number of amides is 2. The van der Waals surface area contributed by atoms with Gasteiger partial charge in [0.05, 0.1) is 18.1 Å². The van der Waals surface area contributed by atoms with Gasteiger partial charge in [0, 0.05) is 6.92 Å². The van der Waals surface area contributed by atoms with Gasteiger partial charge in [-0.3, -0.25) is 19.4 Å². The second-order valence-electron chi connectivity index (χ2n) is 5.24. The summed E-state index contributed by atoms with van der Waals surface area (Å²) in [7, 11) is 0. The number of hydrogen-bond donors (Lipinski definition) is 4. The predicted molar refractivity (Wildman–Crippen MR) is 110 cm³/mol. The van der Waals surface area contributed by atoms with Crippen LogP contribution in [0.3, 0.4) is 0 Å². The fourth-order valence-corrected chi connectivity index (χ4v) is 3.46. The van der Waals surface area contributed by atoms with Crippen LogP contribution in [-0.2, 0) is 14.3 Å². The third-order valence-electron chi connectivity index (χ3n) is 3.02. The monoisotopic (exact) mass is 463 g/mol. The Morgan fingerprint density at radius 3 is 2.55 bits per heavy atom. The molecular formula is C15H18ClN5O6S2. The smallest absolute Gasteiger partial charge is 0.350 e. The molecule has 158 valence electrons. The van der Waals surface area contributed by atoms with Gasteiger partial charge in [-0.05, 0) is 13.8 Å². The number of carbonyl (C=O) groups is 3. The first-order valence-electron chi connectivity index (χ1n) is 7.89. The molecule has 29 heavy (non-hydrogen) atoms. The highest BCUT2D eigenvalue weighted by atomic mass is 35.5. The number of nitrogens with one attached hydrogen (secondary N) is 3. The molecule has 2 amide bonds. The van der Waals surface area contributed by atoms with Crippen LogP contribution in [0.4, 0.5) is 10.8 Å². The molecule has 0 saturated heterocycles. The summed E-state index contributed by atoms with van der Waals surface area (Å²) in [4.78, 5) is 57.2. The first-order chi connectivity index (χ1) is 13.2. The molecule has 0 aromatic carbocycles. The van der Waals surface area contributed by atoms with Gasteiger partial charge in [0.15, 0.2) is 16.0 Å². The van der Waals surface area contributed by atoms with E-state index in [-0.39, 0.29) is 40.7 Å². The number of rotatable bonds is 7. The second-order valence-corrected chi connectivity index (χ2v) is 7.20. The van der Waals surface area contributed by atoms with Crippen molar-refractivity contribution in [2.24, 2.45) is 0 Å². The molecule has 11 nitrogen and oxygen atoms in total. The number of thioether (sulfide) groups is 1. The summed E-state index contributed by atoms with van der Waals surface area (Å²) in [6.07, 6.45) is 0. The quantitative estimate of drug-likeness (QED) is 0.270. The van der Waals surface area contributed by atoms with Gasteiger partial charge in [-0.1, -0.05) is 23.1 Å². The molecule has 0 aliphatic heterocycles. The van der Waals surface area contributed by atoms with Crippen LogP contribution in [0, 0.1) is 6.92 Å². The van der Waals surface area contributed by atoms with Crippen LogP contribution in [0.1, 0.15) is 29.2 Å². The Balaban J connectivity index is 0.00000420. The minimum Gasteiger partial charge on any atom is -0.492 e. The van der Waals surface area contributed by atoms with Gasteiger partial charge in [0.2, 0.25) is 17.7 Å². The molecule has 0 fully saturated rings. The number of anilines is 2. The van der Waals surface area contributed by atoms with E-state index in [4.69, 9.17) is 4.74 Å². The maximum atomic E-state index is 12.1. The van der Waals surface area contributed by atoms with Gasteiger partial charge in [0.1, 0.15) is 4.88 Å². The Bertz CT molecular complexity index is 977. The van der Waals surface area contributed by atoms with Crippen molar-refractivity contribution in [1.29, 1.82) is 0 Å². The minimum atomic E-state index is -0.750. The highest BCUT2D eigenvalue weighted by Gasteiger charge is 2.18. The highest BCUT2D eigenvalue weighted by molar-refractivity contribution is 7.99. The van der Waals surface area contributed by atoms with Gasteiger partial charge in [0.25, 0.3) is 5.56 Å². The van der Waals surface area contributed by atoms with Crippen LogP contribution < -0.4 is 16.2 Å². The number of hydrogen-bond acceptors (Lipinski definition) is 10. The first-order valence-corrected chi connectivity index (χ1v) is 9.69. The molecule has 2 rings (SSSR count). The Kier molecular flexibility index (Phi) is 9.07. The summed E-state index contributed by atoms with van der Waals surface area (Å²) in [6, 6.07) is 0. The van der Waals surface area contributed by atoms with E-state index in [1.54, 1.807) is 13.8 Å². The summed E-state index contributed by atoms with van der Waals surface area (Å²) in [5.74, 6) is -2.30. The van der Waals surface area contributed by atoms with Crippen molar-refractivity contribution < 1.29 is 24.2 Å². The zero-order valence-electron chi connectivity index (χ0n) is 15.5. The molecule has 0 bridgehead atoms. The second kappa shape index (κ2) is 10.8. The number of aromatic nitrogens is 3. The number of H-pyrrole nitrogens is 1. The van der Waals surface area contributed by atoms with E-state index in [2.05, 4.69) is 25.6 Å². The van der Waals surface area contributed by atoms with Crippen molar-refractivity contribution in [3.8, 4) is 5.88 Å². The summed E-state index contributed by atoms with van der Waals surface area (Å²) in [5, 5.41) is 14.7. The molecule has 0 unspecified atom stereocenters. The Morgan fingerprint density at radius 2 is 1.97 bits per heavy atom. The lowest BCUT2D eigenvalue weighted by Crippen LogP contribution is -2.19. The molecule has 14 heteroatoms. The van der Waals surface area contributed by atoms with Crippen molar-refractivity contribution >= 4 is 64.1 Å². The maximum absolute atomic E-state index is 12.1. The molecule has 2 aromatic heterocycles.